The SMILES string of the molecule is COCCC(C)C(CNC(C)(C)C)Cc1ccccc1Br. The number of rotatable bonds is 8. The highest BCUT2D eigenvalue weighted by Crippen LogP contribution is 2.25. The van der Waals surface area contributed by atoms with Gasteiger partial charge in [-0.25, -0.2) is 0 Å². The zero-order valence-electron chi connectivity index (χ0n) is 14.1. The highest BCUT2D eigenvalue weighted by molar-refractivity contribution is 9.10. The molecule has 0 heterocycles. The van der Waals surface area contributed by atoms with Gasteiger partial charge in [0, 0.05) is 23.7 Å². The lowest BCUT2D eigenvalue weighted by atomic mass is 9.85. The standard InChI is InChI=1S/C18H30BrNO/c1-14(10-11-21-5)16(13-20-18(2,3)4)12-15-8-6-7-9-17(15)19/h6-9,14,16,20H,10-13H2,1-5H3. The Bertz CT molecular complexity index is 414. The number of benzene rings is 1. The van der Waals surface area contributed by atoms with Gasteiger partial charge in [-0.1, -0.05) is 41.1 Å². The first kappa shape index (κ1) is 18.7. The molecule has 0 radical (unpaired) electrons. The summed E-state index contributed by atoms with van der Waals surface area (Å²) in [6.45, 7) is 10.9. The number of hydrogen-bond acceptors (Lipinski definition) is 2. The smallest absolute Gasteiger partial charge is 0.0464 e. The summed E-state index contributed by atoms with van der Waals surface area (Å²) in [6.07, 6.45) is 2.20. The van der Waals surface area contributed by atoms with Crippen molar-refractivity contribution in [3.63, 3.8) is 0 Å². The van der Waals surface area contributed by atoms with E-state index in [1.807, 2.05) is 0 Å². The second-order valence-corrected chi connectivity index (χ2v) is 7.80. The van der Waals surface area contributed by atoms with Crippen LogP contribution in [0.5, 0.6) is 0 Å². The Morgan fingerprint density at radius 3 is 2.48 bits per heavy atom. The molecule has 0 aliphatic rings. The molecule has 0 amide bonds. The molecular formula is C18H30BrNO. The first-order chi connectivity index (χ1) is 9.83. The van der Waals surface area contributed by atoms with Crippen molar-refractivity contribution in [2.45, 2.75) is 46.1 Å². The predicted molar refractivity (Wildman–Crippen MR) is 94.7 cm³/mol. The molecule has 0 aliphatic heterocycles. The first-order valence-electron chi connectivity index (χ1n) is 7.81. The van der Waals surface area contributed by atoms with Gasteiger partial charge in [0.1, 0.15) is 0 Å². The fourth-order valence-electron chi connectivity index (χ4n) is 2.40. The molecule has 1 aromatic carbocycles. The monoisotopic (exact) mass is 355 g/mol. The van der Waals surface area contributed by atoms with Crippen molar-refractivity contribution in [2.24, 2.45) is 11.8 Å². The number of ether oxygens (including phenoxy) is 1. The van der Waals surface area contributed by atoms with Crippen LogP contribution in [0.2, 0.25) is 0 Å². The van der Waals surface area contributed by atoms with E-state index in [0.717, 1.165) is 26.0 Å². The number of hydrogen-bond donors (Lipinski definition) is 1. The van der Waals surface area contributed by atoms with E-state index < -0.39 is 0 Å². The fourth-order valence-corrected chi connectivity index (χ4v) is 2.84. The molecule has 1 aromatic rings. The van der Waals surface area contributed by atoms with E-state index in [2.05, 4.69) is 73.2 Å². The van der Waals surface area contributed by atoms with E-state index >= 15 is 0 Å². The van der Waals surface area contributed by atoms with Crippen LogP contribution in [0.3, 0.4) is 0 Å². The summed E-state index contributed by atoms with van der Waals surface area (Å²) in [6, 6.07) is 8.54. The van der Waals surface area contributed by atoms with Crippen LogP contribution in [-0.4, -0.2) is 25.8 Å². The number of halogens is 1. The van der Waals surface area contributed by atoms with Crippen LogP contribution in [0.1, 0.15) is 39.7 Å². The maximum atomic E-state index is 5.25. The summed E-state index contributed by atoms with van der Waals surface area (Å²) < 4.78 is 6.47. The molecule has 0 fully saturated rings. The Kier molecular flexibility index (Phi) is 7.93. The van der Waals surface area contributed by atoms with E-state index in [1.54, 1.807) is 7.11 Å². The molecule has 0 saturated carbocycles. The van der Waals surface area contributed by atoms with Crippen molar-refractivity contribution in [1.29, 1.82) is 0 Å². The quantitative estimate of drug-likeness (QED) is 0.731. The van der Waals surface area contributed by atoms with Crippen molar-refractivity contribution in [1.82, 2.24) is 5.32 Å². The van der Waals surface area contributed by atoms with Crippen molar-refractivity contribution in [3.05, 3.63) is 34.3 Å². The fraction of sp³-hybridized carbons (Fsp3) is 0.667. The van der Waals surface area contributed by atoms with Crippen LogP contribution < -0.4 is 5.32 Å². The third kappa shape index (κ3) is 7.44. The normalized spacial score (nSPS) is 15.0. The summed E-state index contributed by atoms with van der Waals surface area (Å²) in [4.78, 5) is 0. The van der Waals surface area contributed by atoms with Gasteiger partial charge in [0.2, 0.25) is 0 Å². The van der Waals surface area contributed by atoms with Crippen LogP contribution in [-0.2, 0) is 11.2 Å². The van der Waals surface area contributed by atoms with Crippen LogP contribution in [0.25, 0.3) is 0 Å². The molecule has 0 saturated heterocycles. The number of methoxy groups -OCH3 is 1. The molecule has 2 atom stereocenters. The van der Waals surface area contributed by atoms with Gasteiger partial charge in [0.05, 0.1) is 0 Å². The summed E-state index contributed by atoms with van der Waals surface area (Å²) in [5.74, 6) is 1.24. The third-order valence-electron chi connectivity index (χ3n) is 3.92. The molecule has 21 heavy (non-hydrogen) atoms. The molecule has 1 N–H and O–H groups in total. The summed E-state index contributed by atoms with van der Waals surface area (Å²) in [5, 5.41) is 3.66. The molecule has 2 unspecified atom stereocenters. The average molecular weight is 356 g/mol. The van der Waals surface area contributed by atoms with Gasteiger partial charge in [0.25, 0.3) is 0 Å². The summed E-state index contributed by atoms with van der Waals surface area (Å²) in [7, 11) is 1.78. The molecule has 0 aliphatic carbocycles. The molecule has 3 heteroatoms. The molecule has 2 nitrogen and oxygen atoms in total. The highest BCUT2D eigenvalue weighted by atomic mass is 79.9. The van der Waals surface area contributed by atoms with Gasteiger partial charge in [-0.15, -0.1) is 0 Å². The predicted octanol–water partition coefficient (Wildman–Crippen LogP) is 4.67. The van der Waals surface area contributed by atoms with Crippen LogP contribution in [0.4, 0.5) is 0 Å². The lowest BCUT2D eigenvalue weighted by molar-refractivity contribution is 0.161. The van der Waals surface area contributed by atoms with Crippen molar-refractivity contribution < 1.29 is 4.74 Å². The lowest BCUT2D eigenvalue weighted by Crippen LogP contribution is -2.41. The molecule has 0 aromatic heterocycles. The van der Waals surface area contributed by atoms with Gasteiger partial charge in [0.15, 0.2) is 0 Å². The third-order valence-corrected chi connectivity index (χ3v) is 4.69. The Balaban J connectivity index is 2.73. The molecule has 0 bridgehead atoms. The average Bonchev–Trinajstić information content (AvgIpc) is 2.41. The van der Waals surface area contributed by atoms with E-state index in [1.165, 1.54) is 10.0 Å². The Labute approximate surface area is 138 Å². The zero-order chi connectivity index (χ0) is 15.9. The maximum Gasteiger partial charge on any atom is 0.0464 e. The minimum Gasteiger partial charge on any atom is -0.385 e. The van der Waals surface area contributed by atoms with E-state index in [9.17, 15) is 0 Å². The van der Waals surface area contributed by atoms with Gasteiger partial charge in [-0.05, 0) is 63.6 Å². The molecule has 0 spiro atoms. The second-order valence-electron chi connectivity index (χ2n) is 6.95. The largest absolute Gasteiger partial charge is 0.385 e. The highest BCUT2D eigenvalue weighted by Gasteiger charge is 2.21. The van der Waals surface area contributed by atoms with Gasteiger partial charge in [-0.3, -0.25) is 0 Å². The van der Waals surface area contributed by atoms with Gasteiger partial charge < -0.3 is 10.1 Å². The van der Waals surface area contributed by atoms with Gasteiger partial charge in [-0.2, -0.15) is 0 Å². The van der Waals surface area contributed by atoms with Crippen molar-refractivity contribution in [2.75, 3.05) is 20.3 Å². The summed E-state index contributed by atoms with van der Waals surface area (Å²) >= 11 is 3.67. The summed E-state index contributed by atoms with van der Waals surface area (Å²) in [5.41, 5.74) is 1.55. The molecule has 1 rings (SSSR count). The Morgan fingerprint density at radius 2 is 1.90 bits per heavy atom. The molecule has 120 valence electrons. The minimum atomic E-state index is 0.160. The Morgan fingerprint density at radius 1 is 1.24 bits per heavy atom. The topological polar surface area (TPSA) is 21.3 Å². The second kappa shape index (κ2) is 8.92. The first-order valence-corrected chi connectivity index (χ1v) is 8.60. The minimum absolute atomic E-state index is 0.160. The van der Waals surface area contributed by atoms with Crippen molar-refractivity contribution >= 4 is 15.9 Å². The van der Waals surface area contributed by atoms with E-state index in [0.29, 0.717) is 11.8 Å². The Hall–Kier alpha value is -0.380. The van der Waals surface area contributed by atoms with E-state index in [-0.39, 0.29) is 5.54 Å². The molecular weight excluding hydrogens is 326 g/mol. The van der Waals surface area contributed by atoms with Crippen LogP contribution in [0.15, 0.2) is 28.7 Å². The zero-order valence-corrected chi connectivity index (χ0v) is 15.7. The number of nitrogens with one attached hydrogen (secondary N) is 1. The van der Waals surface area contributed by atoms with Crippen LogP contribution in [0, 0.1) is 11.8 Å². The maximum absolute atomic E-state index is 5.25. The van der Waals surface area contributed by atoms with E-state index in [4.69, 9.17) is 4.74 Å². The van der Waals surface area contributed by atoms with Crippen LogP contribution >= 0.6 is 15.9 Å². The van der Waals surface area contributed by atoms with Gasteiger partial charge >= 0.3 is 0 Å². The van der Waals surface area contributed by atoms with Crippen molar-refractivity contribution in [3.8, 4) is 0 Å². The lowest BCUT2D eigenvalue weighted by Gasteiger charge is -2.29.